The van der Waals surface area contributed by atoms with Crippen LogP contribution in [0.1, 0.15) is 19.4 Å². The Hall–Kier alpha value is -1.35. The predicted molar refractivity (Wildman–Crippen MR) is 62.9 cm³/mol. The van der Waals surface area contributed by atoms with Gasteiger partial charge in [0.05, 0.1) is 24.9 Å². The van der Waals surface area contributed by atoms with Gasteiger partial charge in [-0.05, 0) is 19.1 Å². The van der Waals surface area contributed by atoms with E-state index in [4.69, 9.17) is 5.11 Å². The molecule has 82 valence electrons. The van der Waals surface area contributed by atoms with Crippen molar-refractivity contribution in [3.05, 3.63) is 30.0 Å². The van der Waals surface area contributed by atoms with Crippen molar-refractivity contribution < 1.29 is 5.11 Å². The monoisotopic (exact) mass is 206 g/mol. The molecule has 15 heavy (non-hydrogen) atoms. The van der Waals surface area contributed by atoms with Gasteiger partial charge in [-0.15, -0.1) is 0 Å². The average Bonchev–Trinajstić information content (AvgIpc) is 2.64. The minimum absolute atomic E-state index is 0.130. The summed E-state index contributed by atoms with van der Waals surface area (Å²) in [5, 5.41) is 14.1. The van der Waals surface area contributed by atoms with E-state index in [2.05, 4.69) is 24.2 Å². The second-order valence-electron chi connectivity index (χ2n) is 3.15. The van der Waals surface area contributed by atoms with E-state index in [-0.39, 0.29) is 6.61 Å². The van der Waals surface area contributed by atoms with Crippen molar-refractivity contribution in [2.75, 3.05) is 6.61 Å². The van der Waals surface area contributed by atoms with Gasteiger partial charge in [-0.25, -0.2) is 0 Å². The van der Waals surface area contributed by atoms with Gasteiger partial charge < -0.3 is 5.11 Å². The van der Waals surface area contributed by atoms with Crippen LogP contribution in [0.3, 0.4) is 0 Å². The molecule has 0 radical (unpaired) electrons. The van der Waals surface area contributed by atoms with Gasteiger partial charge in [0.15, 0.2) is 0 Å². The van der Waals surface area contributed by atoms with Crippen molar-refractivity contribution in [2.24, 2.45) is 0 Å². The maximum absolute atomic E-state index is 8.79. The van der Waals surface area contributed by atoms with E-state index in [1.54, 1.807) is 0 Å². The summed E-state index contributed by atoms with van der Waals surface area (Å²) < 4.78 is 1.81. The zero-order chi connectivity index (χ0) is 11.3. The van der Waals surface area contributed by atoms with Gasteiger partial charge in [-0.3, -0.25) is 4.68 Å². The Kier molecular flexibility index (Phi) is 4.31. The van der Waals surface area contributed by atoms with Crippen LogP contribution in [0.15, 0.2) is 24.4 Å². The first-order valence-electron chi connectivity index (χ1n) is 5.34. The fraction of sp³-hybridized carbons (Fsp3) is 0.417. The Bertz CT molecular complexity index is 420. The lowest BCUT2D eigenvalue weighted by Crippen LogP contribution is -2.02. The highest BCUT2D eigenvalue weighted by Crippen LogP contribution is 2.14. The summed E-state index contributed by atoms with van der Waals surface area (Å²) in [6.45, 7) is 6.75. The van der Waals surface area contributed by atoms with Gasteiger partial charge in [-0.2, -0.15) is 5.10 Å². The predicted octanol–water partition coefficient (Wildman–Crippen LogP) is 2.36. The first-order chi connectivity index (χ1) is 7.31. The molecule has 0 saturated carbocycles. The second-order valence-corrected chi connectivity index (χ2v) is 3.15. The van der Waals surface area contributed by atoms with E-state index in [9.17, 15) is 0 Å². The van der Waals surface area contributed by atoms with Crippen molar-refractivity contribution >= 4 is 10.9 Å². The van der Waals surface area contributed by atoms with Gasteiger partial charge in [0.25, 0.3) is 0 Å². The van der Waals surface area contributed by atoms with Crippen LogP contribution in [-0.2, 0) is 6.54 Å². The van der Waals surface area contributed by atoms with Crippen LogP contribution in [0, 0.1) is 6.92 Å². The summed E-state index contributed by atoms with van der Waals surface area (Å²) in [5.74, 6) is 0. The number of rotatable bonds is 2. The molecule has 1 N–H and O–H groups in total. The summed E-state index contributed by atoms with van der Waals surface area (Å²) in [4.78, 5) is 0. The summed E-state index contributed by atoms with van der Waals surface area (Å²) in [5.41, 5.74) is 2.32. The van der Waals surface area contributed by atoms with Crippen molar-refractivity contribution in [1.82, 2.24) is 9.78 Å². The maximum Gasteiger partial charge on any atom is 0.0683 e. The fourth-order valence-corrected chi connectivity index (χ4v) is 1.48. The molecule has 2 aromatic rings. The number of aliphatic hydroxyl groups excluding tert-OH is 1. The third-order valence-corrected chi connectivity index (χ3v) is 2.11. The molecule has 0 amide bonds. The zero-order valence-corrected chi connectivity index (χ0v) is 9.57. The van der Waals surface area contributed by atoms with Crippen LogP contribution in [0.25, 0.3) is 10.9 Å². The molecule has 0 saturated heterocycles. The minimum Gasteiger partial charge on any atom is -0.394 e. The third-order valence-electron chi connectivity index (χ3n) is 2.11. The Morgan fingerprint density at radius 1 is 1.33 bits per heavy atom. The Balaban J connectivity index is 0.000000531. The SMILES string of the molecule is CC.Cc1ccc2c(cnn2CCO)c1. The summed E-state index contributed by atoms with van der Waals surface area (Å²) in [7, 11) is 0. The fourth-order valence-electron chi connectivity index (χ4n) is 1.48. The number of hydrogen-bond donors (Lipinski definition) is 1. The van der Waals surface area contributed by atoms with E-state index < -0.39 is 0 Å². The first-order valence-corrected chi connectivity index (χ1v) is 5.34. The van der Waals surface area contributed by atoms with E-state index in [1.165, 1.54) is 5.56 Å². The van der Waals surface area contributed by atoms with Crippen molar-refractivity contribution in [3.8, 4) is 0 Å². The molecular formula is C12H18N2O. The van der Waals surface area contributed by atoms with Gasteiger partial charge in [-0.1, -0.05) is 25.5 Å². The number of aromatic nitrogens is 2. The second kappa shape index (κ2) is 5.51. The molecular weight excluding hydrogens is 188 g/mol. The van der Waals surface area contributed by atoms with E-state index >= 15 is 0 Å². The molecule has 0 unspecified atom stereocenters. The molecule has 0 aliphatic carbocycles. The highest BCUT2D eigenvalue weighted by molar-refractivity contribution is 5.79. The summed E-state index contributed by atoms with van der Waals surface area (Å²) in [6.07, 6.45) is 1.83. The van der Waals surface area contributed by atoms with E-state index in [0.29, 0.717) is 6.54 Å². The molecule has 0 aliphatic heterocycles. The number of aryl methyl sites for hydroxylation is 1. The molecule has 2 rings (SSSR count). The Labute approximate surface area is 90.3 Å². The van der Waals surface area contributed by atoms with Crippen molar-refractivity contribution in [1.29, 1.82) is 0 Å². The van der Waals surface area contributed by atoms with Gasteiger partial charge in [0.1, 0.15) is 0 Å². The maximum atomic E-state index is 8.79. The number of hydrogen-bond acceptors (Lipinski definition) is 2. The molecule has 3 nitrogen and oxygen atoms in total. The van der Waals surface area contributed by atoms with Gasteiger partial charge in [0.2, 0.25) is 0 Å². The molecule has 1 heterocycles. The third kappa shape index (κ3) is 2.57. The topological polar surface area (TPSA) is 38.0 Å². The zero-order valence-electron chi connectivity index (χ0n) is 9.57. The van der Waals surface area contributed by atoms with Crippen molar-refractivity contribution in [3.63, 3.8) is 0 Å². The minimum atomic E-state index is 0.130. The molecule has 3 heteroatoms. The standard InChI is InChI=1S/C10H12N2O.C2H6/c1-8-2-3-10-9(6-8)7-11-12(10)4-5-13;1-2/h2-3,6-7,13H,4-5H2,1H3;1-2H3. The highest BCUT2D eigenvalue weighted by Gasteiger charge is 2.00. The molecule has 0 spiro atoms. The normalized spacial score (nSPS) is 9.87. The van der Waals surface area contributed by atoms with Crippen LogP contribution in [0.2, 0.25) is 0 Å². The average molecular weight is 206 g/mol. The molecule has 0 fully saturated rings. The smallest absolute Gasteiger partial charge is 0.0683 e. The molecule has 0 bridgehead atoms. The summed E-state index contributed by atoms with van der Waals surface area (Å²) >= 11 is 0. The van der Waals surface area contributed by atoms with E-state index in [1.807, 2.05) is 30.8 Å². The van der Waals surface area contributed by atoms with Crippen molar-refractivity contribution in [2.45, 2.75) is 27.3 Å². The van der Waals surface area contributed by atoms with E-state index in [0.717, 1.165) is 10.9 Å². The lowest BCUT2D eigenvalue weighted by molar-refractivity contribution is 0.271. The largest absolute Gasteiger partial charge is 0.394 e. The number of fused-ring (bicyclic) bond motifs is 1. The van der Waals surface area contributed by atoms with Crippen LogP contribution in [0.5, 0.6) is 0 Å². The first kappa shape index (κ1) is 11.7. The Morgan fingerprint density at radius 2 is 2.07 bits per heavy atom. The van der Waals surface area contributed by atoms with Gasteiger partial charge in [0, 0.05) is 5.39 Å². The molecule has 1 aromatic heterocycles. The molecule has 0 atom stereocenters. The van der Waals surface area contributed by atoms with Crippen LogP contribution < -0.4 is 0 Å². The van der Waals surface area contributed by atoms with Crippen LogP contribution in [0.4, 0.5) is 0 Å². The lowest BCUT2D eigenvalue weighted by Gasteiger charge is -1.99. The summed E-state index contributed by atoms with van der Waals surface area (Å²) in [6, 6.07) is 6.18. The molecule has 1 aromatic carbocycles. The quantitative estimate of drug-likeness (QED) is 0.819. The van der Waals surface area contributed by atoms with Crippen LogP contribution >= 0.6 is 0 Å². The van der Waals surface area contributed by atoms with Gasteiger partial charge >= 0.3 is 0 Å². The lowest BCUT2D eigenvalue weighted by atomic mass is 10.2. The number of nitrogens with zero attached hydrogens (tertiary/aromatic N) is 2. The molecule has 0 aliphatic rings. The number of aliphatic hydroxyl groups is 1. The Morgan fingerprint density at radius 3 is 2.73 bits per heavy atom. The number of benzene rings is 1. The van der Waals surface area contributed by atoms with Crippen LogP contribution in [-0.4, -0.2) is 21.5 Å². The highest BCUT2D eigenvalue weighted by atomic mass is 16.3.